The molecule has 22 heavy (non-hydrogen) atoms. The van der Waals surface area contributed by atoms with Crippen LogP contribution in [0.25, 0.3) is 0 Å². The van der Waals surface area contributed by atoms with Gasteiger partial charge in [0.1, 0.15) is 5.54 Å². The highest BCUT2D eigenvalue weighted by Crippen LogP contribution is 2.32. The molecule has 0 radical (unpaired) electrons. The first-order chi connectivity index (χ1) is 10.4. The summed E-state index contributed by atoms with van der Waals surface area (Å²) in [6.45, 7) is 5.81. The van der Waals surface area contributed by atoms with E-state index in [2.05, 4.69) is 0 Å². The van der Waals surface area contributed by atoms with Gasteiger partial charge in [-0.3, -0.25) is 9.69 Å². The van der Waals surface area contributed by atoms with Gasteiger partial charge in [0, 0.05) is 13.2 Å². The van der Waals surface area contributed by atoms with Gasteiger partial charge in [0.15, 0.2) is 0 Å². The number of hydrogen-bond acceptors (Lipinski definition) is 5. The number of hydrogen-bond donors (Lipinski definition) is 1. The number of urea groups is 1. The summed E-state index contributed by atoms with van der Waals surface area (Å²) in [4.78, 5) is 28.2. The molecule has 0 bridgehead atoms. The summed E-state index contributed by atoms with van der Waals surface area (Å²) in [5.74, 6) is -0.0869. The minimum absolute atomic E-state index is 0.0522. The monoisotopic (exact) mass is 312 g/mol. The van der Waals surface area contributed by atoms with Crippen LogP contribution in [0.15, 0.2) is 0 Å². The molecule has 3 heterocycles. The van der Waals surface area contributed by atoms with Crippen molar-refractivity contribution >= 4 is 11.9 Å². The molecule has 3 fully saturated rings. The second kappa shape index (κ2) is 5.79. The number of rotatable bonds is 8. The minimum Gasteiger partial charge on any atom is -0.396 e. The van der Waals surface area contributed by atoms with E-state index in [-0.39, 0.29) is 36.7 Å². The third kappa shape index (κ3) is 3.11. The average molecular weight is 312 g/mol. The molecule has 3 aliphatic heterocycles. The van der Waals surface area contributed by atoms with E-state index in [0.29, 0.717) is 26.1 Å². The minimum atomic E-state index is -0.830. The summed E-state index contributed by atoms with van der Waals surface area (Å²) in [5, 5.41) is 9.20. The molecule has 3 aliphatic rings. The van der Waals surface area contributed by atoms with Crippen molar-refractivity contribution in [1.29, 1.82) is 0 Å². The Hall–Kier alpha value is -1.18. The second-order valence-electron chi connectivity index (χ2n) is 6.89. The predicted molar refractivity (Wildman–Crippen MR) is 77.2 cm³/mol. The maximum atomic E-state index is 12.6. The van der Waals surface area contributed by atoms with E-state index in [1.807, 2.05) is 0 Å². The summed E-state index contributed by atoms with van der Waals surface area (Å²) < 4.78 is 10.4. The van der Waals surface area contributed by atoms with Crippen molar-refractivity contribution in [3.63, 3.8) is 0 Å². The highest BCUT2D eigenvalue weighted by atomic mass is 16.6. The van der Waals surface area contributed by atoms with Crippen LogP contribution in [0.5, 0.6) is 0 Å². The molecule has 1 N–H and O–H groups in total. The molecule has 0 aliphatic carbocycles. The summed E-state index contributed by atoms with van der Waals surface area (Å²) in [5.41, 5.74) is -0.830. The molecular formula is C15H24N2O5. The van der Waals surface area contributed by atoms with Gasteiger partial charge in [-0.05, 0) is 32.6 Å². The third-order valence-corrected chi connectivity index (χ3v) is 4.67. The average Bonchev–Trinajstić information content (AvgIpc) is 3.33. The normalized spacial score (nSPS) is 30.9. The number of carbonyl (C=O) groups excluding carboxylic acids is 2. The highest BCUT2D eigenvalue weighted by Gasteiger charge is 2.52. The Kier molecular flexibility index (Phi) is 4.13. The van der Waals surface area contributed by atoms with Crippen LogP contribution in [0.2, 0.25) is 0 Å². The zero-order valence-electron chi connectivity index (χ0n) is 13.2. The van der Waals surface area contributed by atoms with Gasteiger partial charge in [0.2, 0.25) is 0 Å². The molecule has 3 amide bonds. The van der Waals surface area contributed by atoms with Crippen LogP contribution >= 0.6 is 0 Å². The van der Waals surface area contributed by atoms with Gasteiger partial charge in [-0.25, -0.2) is 4.79 Å². The van der Waals surface area contributed by atoms with Crippen LogP contribution in [0.3, 0.4) is 0 Å². The number of aliphatic hydroxyl groups is 1. The zero-order valence-corrected chi connectivity index (χ0v) is 13.2. The molecule has 7 nitrogen and oxygen atoms in total. The van der Waals surface area contributed by atoms with E-state index < -0.39 is 5.54 Å². The van der Waals surface area contributed by atoms with Crippen LogP contribution in [-0.4, -0.2) is 77.5 Å². The third-order valence-electron chi connectivity index (χ3n) is 4.67. The van der Waals surface area contributed by atoms with Crippen LogP contribution in [0.1, 0.15) is 26.7 Å². The van der Waals surface area contributed by atoms with Crippen molar-refractivity contribution in [3.8, 4) is 0 Å². The first-order valence-electron chi connectivity index (χ1n) is 7.91. The number of ether oxygens (including phenoxy) is 2. The van der Waals surface area contributed by atoms with Crippen molar-refractivity contribution in [3.05, 3.63) is 0 Å². The Morgan fingerprint density at radius 1 is 1.27 bits per heavy atom. The number of imide groups is 1. The predicted octanol–water partition coefficient (Wildman–Crippen LogP) is 0.215. The number of nitrogens with zero attached hydrogens (tertiary/aromatic N) is 2. The summed E-state index contributed by atoms with van der Waals surface area (Å²) in [6, 6.07) is -0.245. The summed E-state index contributed by atoms with van der Waals surface area (Å²) in [6.07, 6.45) is 1.63. The maximum Gasteiger partial charge on any atom is 0.327 e. The Morgan fingerprint density at radius 3 is 2.45 bits per heavy atom. The summed E-state index contributed by atoms with van der Waals surface area (Å²) in [7, 11) is 0. The van der Waals surface area contributed by atoms with Crippen LogP contribution in [0.4, 0.5) is 4.79 Å². The van der Waals surface area contributed by atoms with Gasteiger partial charge in [-0.15, -0.1) is 0 Å². The molecule has 7 heteroatoms. The van der Waals surface area contributed by atoms with Crippen molar-refractivity contribution in [1.82, 2.24) is 9.80 Å². The zero-order chi connectivity index (χ0) is 15.9. The van der Waals surface area contributed by atoms with Gasteiger partial charge in [-0.1, -0.05) is 0 Å². The molecule has 124 valence electrons. The second-order valence-corrected chi connectivity index (χ2v) is 6.89. The van der Waals surface area contributed by atoms with Crippen molar-refractivity contribution in [2.75, 3.05) is 32.9 Å². The maximum absolute atomic E-state index is 12.6. The molecule has 3 rings (SSSR count). The Balaban J connectivity index is 1.68. The fourth-order valence-corrected chi connectivity index (χ4v) is 3.06. The molecule has 3 saturated heterocycles. The molecule has 0 aromatic heterocycles. The SMILES string of the molecule is CC1(C)C(=O)N(CC(CCO)CC2CO2)C(=O)N1CC1CO1. The van der Waals surface area contributed by atoms with Crippen molar-refractivity contribution in [2.45, 2.75) is 44.4 Å². The standard InChI is InChI=1S/C15H24N2O5/c1-15(2)13(19)16(14(20)17(15)7-12-9-22-12)6-10(3-4-18)5-11-8-21-11/h10-12,18H,3-9H2,1-2H3. The number of aliphatic hydroxyl groups excluding tert-OH is 1. The lowest BCUT2D eigenvalue weighted by atomic mass is 9.98. The molecule has 0 aromatic carbocycles. The van der Waals surface area contributed by atoms with Gasteiger partial charge >= 0.3 is 6.03 Å². The topological polar surface area (TPSA) is 85.9 Å². The van der Waals surface area contributed by atoms with Gasteiger partial charge in [-0.2, -0.15) is 0 Å². The Bertz CT molecular complexity index is 459. The molecular weight excluding hydrogens is 288 g/mol. The van der Waals surface area contributed by atoms with Crippen LogP contribution in [-0.2, 0) is 14.3 Å². The number of epoxide rings is 2. The number of carbonyl (C=O) groups is 2. The quantitative estimate of drug-likeness (QED) is 0.512. The first kappa shape index (κ1) is 15.7. The van der Waals surface area contributed by atoms with Gasteiger partial charge in [0.05, 0.1) is 32.0 Å². The lowest BCUT2D eigenvalue weighted by Gasteiger charge is -2.26. The van der Waals surface area contributed by atoms with E-state index >= 15 is 0 Å². The first-order valence-corrected chi connectivity index (χ1v) is 7.91. The summed E-state index contributed by atoms with van der Waals surface area (Å²) >= 11 is 0. The molecule has 3 unspecified atom stereocenters. The smallest absolute Gasteiger partial charge is 0.327 e. The van der Waals surface area contributed by atoms with Gasteiger partial charge in [0.25, 0.3) is 5.91 Å². The molecule has 0 spiro atoms. The Labute approximate surface area is 130 Å². The van der Waals surface area contributed by atoms with Crippen LogP contribution < -0.4 is 0 Å². The van der Waals surface area contributed by atoms with Crippen molar-refractivity contribution in [2.24, 2.45) is 5.92 Å². The molecule has 3 atom stereocenters. The van der Waals surface area contributed by atoms with E-state index in [9.17, 15) is 14.7 Å². The number of amides is 3. The van der Waals surface area contributed by atoms with Crippen molar-refractivity contribution < 1.29 is 24.2 Å². The van der Waals surface area contributed by atoms with E-state index in [1.165, 1.54) is 4.90 Å². The van der Waals surface area contributed by atoms with E-state index in [4.69, 9.17) is 9.47 Å². The molecule has 0 aromatic rings. The lowest BCUT2D eigenvalue weighted by Crippen LogP contribution is -2.45. The fourth-order valence-electron chi connectivity index (χ4n) is 3.06. The lowest BCUT2D eigenvalue weighted by molar-refractivity contribution is -0.132. The largest absolute Gasteiger partial charge is 0.396 e. The Morgan fingerprint density at radius 2 is 1.91 bits per heavy atom. The van der Waals surface area contributed by atoms with Crippen LogP contribution in [0, 0.1) is 5.92 Å². The van der Waals surface area contributed by atoms with E-state index in [0.717, 1.165) is 13.0 Å². The van der Waals surface area contributed by atoms with E-state index in [1.54, 1.807) is 18.7 Å². The van der Waals surface area contributed by atoms with Gasteiger partial charge < -0.3 is 19.5 Å². The molecule has 0 saturated carbocycles. The highest BCUT2D eigenvalue weighted by molar-refractivity contribution is 6.06. The fraction of sp³-hybridized carbons (Fsp3) is 0.867.